The van der Waals surface area contributed by atoms with Crippen LogP contribution in [0.25, 0.3) is 0 Å². The number of rotatable bonds is 8. The third-order valence-electron chi connectivity index (χ3n) is 2.62. The summed E-state index contributed by atoms with van der Waals surface area (Å²) >= 11 is 0. The van der Waals surface area contributed by atoms with Gasteiger partial charge >= 0.3 is 7.12 Å². The van der Waals surface area contributed by atoms with Gasteiger partial charge in [0.15, 0.2) is 0 Å². The van der Waals surface area contributed by atoms with E-state index in [9.17, 15) is 4.79 Å². The minimum Gasteiger partial charge on any atom is -0.426 e. The molecule has 0 unspecified atom stereocenters. The number of unbranched alkanes of at least 4 members (excludes halogenated alkanes) is 1. The van der Waals surface area contributed by atoms with E-state index >= 15 is 0 Å². The van der Waals surface area contributed by atoms with Crippen molar-refractivity contribution in [1.29, 1.82) is 0 Å². The van der Waals surface area contributed by atoms with Crippen LogP contribution in [-0.4, -0.2) is 35.1 Å². The number of nitrogens with two attached hydrogens (primary N) is 1. The van der Waals surface area contributed by atoms with Gasteiger partial charge in [0.1, 0.15) is 0 Å². The third kappa shape index (κ3) is 7.36. The molecule has 0 saturated carbocycles. The molecule has 0 aromatic carbocycles. The molecule has 0 rings (SSSR count). The zero-order valence-corrected chi connectivity index (χ0v) is 11.0. The van der Waals surface area contributed by atoms with Gasteiger partial charge in [-0.3, -0.25) is 4.79 Å². The largest absolute Gasteiger partial charge is 0.475 e. The van der Waals surface area contributed by atoms with Crippen LogP contribution in [0.3, 0.4) is 0 Å². The molecule has 0 aliphatic carbocycles. The molecule has 0 fully saturated rings. The van der Waals surface area contributed by atoms with Crippen molar-refractivity contribution in [3.63, 3.8) is 0 Å². The Morgan fingerprint density at radius 1 is 1.41 bits per heavy atom. The maximum absolute atomic E-state index is 11.7. The lowest BCUT2D eigenvalue weighted by molar-refractivity contribution is -0.123. The summed E-state index contributed by atoms with van der Waals surface area (Å²) in [7, 11) is -1.54. The fraction of sp³-hybridized carbons (Fsp3) is 0.909. The average Bonchev–Trinajstić information content (AvgIpc) is 2.23. The van der Waals surface area contributed by atoms with E-state index in [1.165, 1.54) is 0 Å². The number of carbonyl (C=O) groups excluding carboxylic acids is 1. The first-order valence-electron chi connectivity index (χ1n) is 6.30. The fourth-order valence-corrected chi connectivity index (χ4v) is 1.61. The Morgan fingerprint density at radius 2 is 2.00 bits per heavy atom. The number of nitrogens with one attached hydrogen (secondary N) is 1. The van der Waals surface area contributed by atoms with Gasteiger partial charge in [-0.05, 0) is 18.8 Å². The highest BCUT2D eigenvalue weighted by Gasteiger charge is 2.27. The molecule has 0 spiro atoms. The van der Waals surface area contributed by atoms with Crippen LogP contribution < -0.4 is 11.1 Å². The number of amides is 1. The first kappa shape index (κ1) is 16.4. The summed E-state index contributed by atoms with van der Waals surface area (Å²) in [5, 5.41) is 20.9. The molecule has 0 radical (unpaired) electrons. The number of hydrogen-bond acceptors (Lipinski definition) is 4. The molecule has 17 heavy (non-hydrogen) atoms. The first-order valence-corrected chi connectivity index (χ1v) is 6.30. The van der Waals surface area contributed by atoms with Crippen molar-refractivity contribution in [3.8, 4) is 0 Å². The predicted molar refractivity (Wildman–Crippen MR) is 69.1 cm³/mol. The Morgan fingerprint density at radius 3 is 2.41 bits per heavy atom. The standard InChI is InChI=1S/C11H25BN2O3/c1-4-5-6-9(13)11(15)14-10(12(16)17)7-8(2)3/h8-10,16-17H,4-7,13H2,1-3H3,(H,14,15)/t9-,10-/m0/s1. The topological polar surface area (TPSA) is 95.6 Å². The van der Waals surface area contributed by atoms with Crippen LogP contribution in [0.15, 0.2) is 0 Å². The number of hydrogen-bond donors (Lipinski definition) is 4. The first-order chi connectivity index (χ1) is 7.88. The molecule has 2 atom stereocenters. The van der Waals surface area contributed by atoms with Gasteiger partial charge in [-0.2, -0.15) is 0 Å². The molecular formula is C11H25BN2O3. The van der Waals surface area contributed by atoms with Crippen molar-refractivity contribution < 1.29 is 14.8 Å². The van der Waals surface area contributed by atoms with Gasteiger partial charge in [-0.15, -0.1) is 0 Å². The van der Waals surface area contributed by atoms with Crippen LogP contribution in [0.4, 0.5) is 0 Å². The smallest absolute Gasteiger partial charge is 0.426 e. The van der Waals surface area contributed by atoms with E-state index in [1.807, 2.05) is 20.8 Å². The molecule has 0 aromatic rings. The van der Waals surface area contributed by atoms with Crippen molar-refractivity contribution in [2.45, 2.75) is 58.4 Å². The van der Waals surface area contributed by atoms with Crippen LogP contribution in [0.2, 0.25) is 0 Å². The summed E-state index contributed by atoms with van der Waals surface area (Å²) in [5.74, 6) is -0.679. The second kappa shape index (κ2) is 8.50. The molecule has 0 heterocycles. The molecule has 0 aliphatic rings. The van der Waals surface area contributed by atoms with E-state index in [1.54, 1.807) is 0 Å². The lowest BCUT2D eigenvalue weighted by Crippen LogP contribution is -2.52. The quantitative estimate of drug-likeness (QED) is 0.453. The highest BCUT2D eigenvalue weighted by atomic mass is 16.4. The monoisotopic (exact) mass is 244 g/mol. The van der Waals surface area contributed by atoms with Crippen LogP contribution >= 0.6 is 0 Å². The van der Waals surface area contributed by atoms with E-state index in [-0.39, 0.29) is 11.8 Å². The van der Waals surface area contributed by atoms with Crippen molar-refractivity contribution in [2.75, 3.05) is 0 Å². The van der Waals surface area contributed by atoms with Gasteiger partial charge in [-0.1, -0.05) is 33.6 Å². The molecule has 0 aromatic heterocycles. The number of carbonyl (C=O) groups is 1. The summed E-state index contributed by atoms with van der Waals surface area (Å²) in [5.41, 5.74) is 5.71. The second-order valence-electron chi connectivity index (χ2n) is 4.91. The Hall–Kier alpha value is -0.585. The van der Waals surface area contributed by atoms with E-state index in [2.05, 4.69) is 5.32 Å². The molecule has 0 bridgehead atoms. The summed E-state index contributed by atoms with van der Waals surface area (Å²) in [4.78, 5) is 11.7. The van der Waals surface area contributed by atoms with E-state index in [0.717, 1.165) is 12.8 Å². The Labute approximate surface area is 104 Å². The Bertz CT molecular complexity index is 225. The normalized spacial score (nSPS) is 14.5. The van der Waals surface area contributed by atoms with E-state index < -0.39 is 19.1 Å². The lowest BCUT2D eigenvalue weighted by atomic mass is 9.75. The highest BCUT2D eigenvalue weighted by molar-refractivity contribution is 6.43. The van der Waals surface area contributed by atoms with E-state index in [0.29, 0.717) is 12.8 Å². The average molecular weight is 244 g/mol. The molecule has 1 amide bonds. The minimum atomic E-state index is -1.54. The zero-order valence-electron chi connectivity index (χ0n) is 11.0. The van der Waals surface area contributed by atoms with Gasteiger partial charge < -0.3 is 21.1 Å². The fourth-order valence-electron chi connectivity index (χ4n) is 1.61. The predicted octanol–water partition coefficient (Wildman–Crippen LogP) is 0.0468. The summed E-state index contributed by atoms with van der Waals surface area (Å²) in [6.07, 6.45) is 3.02. The molecule has 6 heteroatoms. The maximum Gasteiger partial charge on any atom is 0.475 e. The Balaban J connectivity index is 4.20. The zero-order chi connectivity index (χ0) is 13.4. The van der Waals surface area contributed by atoms with Gasteiger partial charge in [0.05, 0.1) is 12.0 Å². The lowest BCUT2D eigenvalue weighted by Gasteiger charge is -2.21. The van der Waals surface area contributed by atoms with Crippen molar-refractivity contribution in [1.82, 2.24) is 5.32 Å². The van der Waals surface area contributed by atoms with E-state index in [4.69, 9.17) is 15.8 Å². The van der Waals surface area contributed by atoms with Gasteiger partial charge in [-0.25, -0.2) is 0 Å². The van der Waals surface area contributed by atoms with Crippen molar-refractivity contribution in [3.05, 3.63) is 0 Å². The second-order valence-corrected chi connectivity index (χ2v) is 4.91. The molecule has 5 nitrogen and oxygen atoms in total. The van der Waals surface area contributed by atoms with Gasteiger partial charge in [0.25, 0.3) is 0 Å². The van der Waals surface area contributed by atoms with Gasteiger partial charge in [0.2, 0.25) is 5.91 Å². The van der Waals surface area contributed by atoms with Crippen LogP contribution in [0.1, 0.15) is 46.5 Å². The SMILES string of the molecule is CCCC[C@H](N)C(=O)N[C@@H](CC(C)C)B(O)O. The maximum atomic E-state index is 11.7. The molecule has 5 N–H and O–H groups in total. The van der Waals surface area contributed by atoms with Crippen molar-refractivity contribution in [2.24, 2.45) is 11.7 Å². The highest BCUT2D eigenvalue weighted by Crippen LogP contribution is 2.06. The molecule has 100 valence electrons. The summed E-state index contributed by atoms with van der Waals surface area (Å²) in [6, 6.07) is -0.566. The van der Waals surface area contributed by atoms with Crippen LogP contribution in [-0.2, 0) is 4.79 Å². The van der Waals surface area contributed by atoms with Crippen LogP contribution in [0, 0.1) is 5.92 Å². The molecule has 0 aliphatic heterocycles. The molecular weight excluding hydrogens is 219 g/mol. The van der Waals surface area contributed by atoms with Gasteiger partial charge in [0, 0.05) is 0 Å². The third-order valence-corrected chi connectivity index (χ3v) is 2.62. The van der Waals surface area contributed by atoms with Crippen molar-refractivity contribution >= 4 is 13.0 Å². The molecule has 0 saturated heterocycles. The summed E-state index contributed by atoms with van der Waals surface area (Å²) < 4.78 is 0. The van der Waals surface area contributed by atoms with Crippen LogP contribution in [0.5, 0.6) is 0 Å². The summed E-state index contributed by atoms with van der Waals surface area (Å²) in [6.45, 7) is 5.95. The Kier molecular flexibility index (Phi) is 8.21. The minimum absolute atomic E-state index is 0.272.